The zero-order valence-electron chi connectivity index (χ0n) is 19.3. The number of hydrogen-bond donors (Lipinski definition) is 1. The molecule has 1 fully saturated rings. The monoisotopic (exact) mass is 475 g/mol. The number of anilines is 2. The van der Waals surface area contributed by atoms with E-state index in [9.17, 15) is 0 Å². The van der Waals surface area contributed by atoms with Crippen LogP contribution in [-0.2, 0) is 11.2 Å². The highest BCUT2D eigenvalue weighted by Gasteiger charge is 2.34. The summed E-state index contributed by atoms with van der Waals surface area (Å²) in [6.07, 6.45) is 4.74. The van der Waals surface area contributed by atoms with E-state index in [1.54, 1.807) is 0 Å². The molecule has 2 aliphatic rings. The number of aryl methyl sites for hydroxylation is 2. The number of nitrogens with one attached hydrogen (secondary N) is 1. The van der Waals surface area contributed by atoms with Crippen molar-refractivity contribution in [2.45, 2.75) is 26.3 Å². The lowest BCUT2D eigenvalue weighted by Gasteiger charge is -2.36. The molecule has 174 valence electrons. The van der Waals surface area contributed by atoms with Gasteiger partial charge in [0.1, 0.15) is 6.04 Å². The molecule has 0 amide bonds. The summed E-state index contributed by atoms with van der Waals surface area (Å²) < 4.78 is 5.47. The van der Waals surface area contributed by atoms with Crippen molar-refractivity contribution >= 4 is 34.4 Å². The van der Waals surface area contributed by atoms with Gasteiger partial charge in [0.15, 0.2) is 0 Å². The molecule has 0 spiro atoms. The van der Waals surface area contributed by atoms with Crippen LogP contribution < -0.4 is 9.80 Å². The minimum atomic E-state index is -0.130. The standard InChI is InChI=1S/C25H26ClN7O/c1-15-11-16(2)30-25(29-15)33-6-5-19-20-12-18(26)3-4-21(20)31-22(19)23(33)17-13-27-24(28-14-17)32-7-9-34-10-8-32/h3-4,11-14,23,31H,5-10H2,1-2H3. The van der Waals surface area contributed by atoms with Crippen molar-refractivity contribution in [2.75, 3.05) is 42.6 Å². The van der Waals surface area contributed by atoms with E-state index in [-0.39, 0.29) is 6.04 Å². The fourth-order valence-electron chi connectivity index (χ4n) is 5.06. The molecule has 3 aromatic heterocycles. The average molecular weight is 476 g/mol. The summed E-state index contributed by atoms with van der Waals surface area (Å²) in [6.45, 7) is 7.81. The summed E-state index contributed by atoms with van der Waals surface area (Å²) in [5, 5.41) is 1.91. The summed E-state index contributed by atoms with van der Waals surface area (Å²) >= 11 is 6.34. The Kier molecular flexibility index (Phi) is 5.34. The van der Waals surface area contributed by atoms with Crippen LogP contribution in [0.3, 0.4) is 0 Å². The van der Waals surface area contributed by atoms with E-state index in [0.29, 0.717) is 13.2 Å². The molecule has 1 unspecified atom stereocenters. The second kappa shape index (κ2) is 8.52. The number of morpholine rings is 1. The van der Waals surface area contributed by atoms with E-state index in [0.717, 1.165) is 71.1 Å². The van der Waals surface area contributed by atoms with Crippen molar-refractivity contribution in [1.29, 1.82) is 0 Å². The van der Waals surface area contributed by atoms with Crippen LogP contribution in [0.4, 0.5) is 11.9 Å². The van der Waals surface area contributed by atoms with Crippen LogP contribution in [0.5, 0.6) is 0 Å². The van der Waals surface area contributed by atoms with E-state index in [1.807, 2.05) is 50.5 Å². The highest BCUT2D eigenvalue weighted by atomic mass is 35.5. The van der Waals surface area contributed by atoms with Crippen molar-refractivity contribution < 1.29 is 4.74 Å². The van der Waals surface area contributed by atoms with Gasteiger partial charge in [-0.2, -0.15) is 0 Å². The van der Waals surface area contributed by atoms with Gasteiger partial charge in [0.05, 0.1) is 13.2 Å². The quantitative estimate of drug-likeness (QED) is 0.479. The van der Waals surface area contributed by atoms with Gasteiger partial charge >= 0.3 is 0 Å². The predicted molar refractivity (Wildman–Crippen MR) is 133 cm³/mol. The molecule has 8 nitrogen and oxygen atoms in total. The van der Waals surface area contributed by atoms with Crippen LogP contribution in [0.1, 0.15) is 34.3 Å². The number of fused-ring (bicyclic) bond motifs is 3. The zero-order chi connectivity index (χ0) is 23.2. The molecule has 2 aliphatic heterocycles. The van der Waals surface area contributed by atoms with Gasteiger partial charge in [0, 0.05) is 70.6 Å². The van der Waals surface area contributed by atoms with Crippen LogP contribution in [0, 0.1) is 13.8 Å². The largest absolute Gasteiger partial charge is 0.378 e. The molecule has 1 saturated heterocycles. The smallest absolute Gasteiger partial charge is 0.226 e. The molecule has 4 aromatic rings. The molecule has 1 aromatic carbocycles. The molecule has 6 rings (SSSR count). The maximum atomic E-state index is 6.34. The van der Waals surface area contributed by atoms with Crippen LogP contribution in [0.15, 0.2) is 36.7 Å². The lowest BCUT2D eigenvalue weighted by atomic mass is 9.94. The molecule has 0 radical (unpaired) electrons. The Morgan fingerprint density at radius 3 is 2.44 bits per heavy atom. The third-order valence-corrected chi connectivity index (χ3v) is 6.82. The molecular formula is C25H26ClN7O. The first-order chi connectivity index (χ1) is 16.6. The first-order valence-corrected chi connectivity index (χ1v) is 12.0. The number of hydrogen-bond acceptors (Lipinski definition) is 7. The van der Waals surface area contributed by atoms with Crippen LogP contribution in [-0.4, -0.2) is 57.8 Å². The van der Waals surface area contributed by atoms with E-state index < -0.39 is 0 Å². The van der Waals surface area contributed by atoms with Crippen LogP contribution in [0.25, 0.3) is 10.9 Å². The Morgan fingerprint density at radius 1 is 0.971 bits per heavy atom. The third kappa shape index (κ3) is 3.76. The third-order valence-electron chi connectivity index (χ3n) is 6.58. The predicted octanol–water partition coefficient (Wildman–Crippen LogP) is 4.01. The summed E-state index contributed by atoms with van der Waals surface area (Å²) in [6, 6.07) is 7.88. The summed E-state index contributed by atoms with van der Waals surface area (Å²) in [7, 11) is 0. The fraction of sp³-hybridized carbons (Fsp3) is 0.360. The molecule has 1 atom stereocenters. The second-order valence-corrected chi connectivity index (χ2v) is 9.36. The first kappa shape index (κ1) is 21.3. The fourth-order valence-corrected chi connectivity index (χ4v) is 5.23. The molecule has 1 N–H and O–H groups in total. The number of benzene rings is 1. The minimum absolute atomic E-state index is 0.130. The molecule has 5 heterocycles. The number of aromatic amines is 1. The number of aromatic nitrogens is 5. The van der Waals surface area contributed by atoms with Gasteiger partial charge in [-0.05, 0) is 50.1 Å². The number of nitrogens with zero attached hydrogens (tertiary/aromatic N) is 6. The normalized spacial score (nSPS) is 18.4. The number of ether oxygens (including phenoxy) is 1. The lowest BCUT2D eigenvalue weighted by Crippen LogP contribution is -2.38. The van der Waals surface area contributed by atoms with Gasteiger partial charge in [-0.3, -0.25) is 0 Å². The molecule has 0 saturated carbocycles. The minimum Gasteiger partial charge on any atom is -0.378 e. The Morgan fingerprint density at radius 2 is 1.71 bits per heavy atom. The molecule has 0 aliphatic carbocycles. The van der Waals surface area contributed by atoms with Gasteiger partial charge in [-0.25, -0.2) is 19.9 Å². The number of rotatable bonds is 3. The first-order valence-electron chi connectivity index (χ1n) is 11.6. The van der Waals surface area contributed by atoms with E-state index >= 15 is 0 Å². The lowest BCUT2D eigenvalue weighted by molar-refractivity contribution is 0.122. The zero-order valence-corrected chi connectivity index (χ0v) is 20.0. The van der Waals surface area contributed by atoms with Crippen LogP contribution in [0.2, 0.25) is 5.02 Å². The molecule has 34 heavy (non-hydrogen) atoms. The number of H-pyrrole nitrogens is 1. The van der Waals surface area contributed by atoms with E-state index in [1.165, 1.54) is 10.9 Å². The van der Waals surface area contributed by atoms with Gasteiger partial charge in [-0.1, -0.05) is 11.6 Å². The van der Waals surface area contributed by atoms with Gasteiger partial charge in [0.25, 0.3) is 0 Å². The van der Waals surface area contributed by atoms with E-state index in [2.05, 4.69) is 14.8 Å². The number of halogens is 1. The molecule has 9 heteroatoms. The van der Waals surface area contributed by atoms with Crippen molar-refractivity contribution in [3.05, 3.63) is 69.9 Å². The summed E-state index contributed by atoms with van der Waals surface area (Å²) in [4.78, 5) is 27.1. The average Bonchev–Trinajstić information content (AvgIpc) is 3.21. The van der Waals surface area contributed by atoms with Gasteiger partial charge in [-0.15, -0.1) is 0 Å². The Labute approximate surface area is 203 Å². The second-order valence-electron chi connectivity index (χ2n) is 8.92. The maximum absolute atomic E-state index is 6.34. The van der Waals surface area contributed by atoms with Crippen molar-refractivity contribution in [2.24, 2.45) is 0 Å². The van der Waals surface area contributed by atoms with Gasteiger partial charge < -0.3 is 19.5 Å². The summed E-state index contributed by atoms with van der Waals surface area (Å²) in [5.41, 5.74) is 6.38. The highest BCUT2D eigenvalue weighted by molar-refractivity contribution is 6.31. The van der Waals surface area contributed by atoms with Crippen molar-refractivity contribution in [3.63, 3.8) is 0 Å². The Hall–Kier alpha value is -3.23. The Bertz CT molecular complexity index is 1330. The van der Waals surface area contributed by atoms with Gasteiger partial charge in [0.2, 0.25) is 11.9 Å². The maximum Gasteiger partial charge on any atom is 0.226 e. The summed E-state index contributed by atoms with van der Waals surface area (Å²) in [5.74, 6) is 1.46. The highest BCUT2D eigenvalue weighted by Crippen LogP contribution is 2.40. The topological polar surface area (TPSA) is 83.1 Å². The molecule has 0 bridgehead atoms. The van der Waals surface area contributed by atoms with Crippen molar-refractivity contribution in [3.8, 4) is 0 Å². The SMILES string of the molecule is Cc1cc(C)nc(N2CCc3c([nH]c4ccc(Cl)cc34)C2c2cnc(N3CCOCC3)nc2)n1. The van der Waals surface area contributed by atoms with Crippen molar-refractivity contribution in [1.82, 2.24) is 24.9 Å². The van der Waals surface area contributed by atoms with Crippen LogP contribution >= 0.6 is 11.6 Å². The molecular weight excluding hydrogens is 450 g/mol. The Balaban J connectivity index is 1.46. The van der Waals surface area contributed by atoms with E-state index in [4.69, 9.17) is 36.3 Å².